The number of piperidine rings is 1. The molecule has 0 aliphatic carbocycles. The van der Waals surface area contributed by atoms with Gasteiger partial charge in [0.05, 0.1) is 0 Å². The molecule has 0 spiro atoms. The topological polar surface area (TPSA) is 40.5 Å². The Hall–Kier alpha value is -1.29. The highest BCUT2D eigenvalue weighted by Crippen LogP contribution is 2.27. The van der Waals surface area contributed by atoms with Gasteiger partial charge in [-0.2, -0.15) is 0 Å². The van der Waals surface area contributed by atoms with Crippen LogP contribution in [-0.4, -0.2) is 24.2 Å². The van der Waals surface area contributed by atoms with Crippen LogP contribution in [0.5, 0.6) is 0 Å². The fourth-order valence-corrected chi connectivity index (χ4v) is 2.80. The number of hydrogen-bond donors (Lipinski definition) is 1. The number of aryl methyl sites for hydroxylation is 1. The van der Waals surface area contributed by atoms with Gasteiger partial charge < -0.3 is 10.0 Å². The van der Waals surface area contributed by atoms with Crippen LogP contribution in [0.2, 0.25) is 0 Å². The van der Waals surface area contributed by atoms with Gasteiger partial charge in [-0.15, -0.1) is 0 Å². The highest BCUT2D eigenvalue weighted by molar-refractivity contribution is 9.10. The first-order valence-corrected chi connectivity index (χ1v) is 6.79. The second kappa shape index (κ2) is 5.57. The van der Waals surface area contributed by atoms with Gasteiger partial charge in [-0.1, -0.05) is 21.5 Å². The predicted molar refractivity (Wildman–Crippen MR) is 76.0 cm³/mol. The standard InChI is InChI=1S/C14H16BrNO2/c1-10-8-12(15)2-3-13(10)16-6-4-11(5-7-16)9-14(17)18/h2-3,8-9H,4-7H2,1H3,(H,17,18). The molecule has 1 N–H and O–H groups in total. The highest BCUT2D eigenvalue weighted by Gasteiger charge is 2.16. The minimum atomic E-state index is -0.835. The van der Waals surface area contributed by atoms with Crippen LogP contribution in [0.25, 0.3) is 0 Å². The van der Waals surface area contributed by atoms with E-state index in [0.717, 1.165) is 36.0 Å². The van der Waals surface area contributed by atoms with Crippen LogP contribution in [0, 0.1) is 6.92 Å². The average molecular weight is 310 g/mol. The maximum absolute atomic E-state index is 10.6. The molecule has 1 aliphatic heterocycles. The lowest BCUT2D eigenvalue weighted by Crippen LogP contribution is -2.31. The van der Waals surface area contributed by atoms with Crippen molar-refractivity contribution in [2.24, 2.45) is 0 Å². The minimum absolute atomic E-state index is 0.835. The number of rotatable bonds is 2. The maximum atomic E-state index is 10.6. The van der Waals surface area contributed by atoms with Gasteiger partial charge in [0.2, 0.25) is 0 Å². The molecule has 96 valence electrons. The van der Waals surface area contributed by atoms with E-state index in [1.807, 2.05) is 6.07 Å². The van der Waals surface area contributed by atoms with Crippen LogP contribution in [0.15, 0.2) is 34.3 Å². The Kier molecular flexibility index (Phi) is 4.07. The molecule has 0 atom stereocenters. The van der Waals surface area contributed by atoms with Crippen LogP contribution in [0.1, 0.15) is 18.4 Å². The molecule has 3 nitrogen and oxygen atoms in total. The van der Waals surface area contributed by atoms with Gasteiger partial charge >= 0.3 is 5.97 Å². The van der Waals surface area contributed by atoms with Crippen molar-refractivity contribution in [1.82, 2.24) is 0 Å². The Morgan fingerprint density at radius 1 is 1.39 bits per heavy atom. The molecular formula is C14H16BrNO2. The summed E-state index contributed by atoms with van der Waals surface area (Å²) in [5.41, 5.74) is 3.52. The van der Waals surface area contributed by atoms with Gasteiger partial charge in [0, 0.05) is 29.3 Å². The van der Waals surface area contributed by atoms with Gasteiger partial charge in [0.25, 0.3) is 0 Å². The number of benzene rings is 1. The van der Waals surface area contributed by atoms with Gasteiger partial charge in [-0.05, 0) is 43.5 Å². The zero-order valence-electron chi connectivity index (χ0n) is 10.3. The Labute approximate surface area is 115 Å². The van der Waals surface area contributed by atoms with E-state index in [4.69, 9.17) is 5.11 Å². The molecule has 0 bridgehead atoms. The first kappa shape index (κ1) is 13.1. The van der Waals surface area contributed by atoms with Crippen molar-refractivity contribution in [2.45, 2.75) is 19.8 Å². The molecule has 1 aromatic rings. The van der Waals surface area contributed by atoms with Gasteiger partial charge in [-0.3, -0.25) is 0 Å². The molecule has 1 heterocycles. The molecule has 1 aliphatic rings. The third kappa shape index (κ3) is 3.13. The lowest BCUT2D eigenvalue weighted by Gasteiger charge is -2.31. The number of carboxylic acids is 1. The van der Waals surface area contributed by atoms with Crippen molar-refractivity contribution in [3.05, 3.63) is 39.9 Å². The fraction of sp³-hybridized carbons (Fsp3) is 0.357. The lowest BCUT2D eigenvalue weighted by molar-refractivity contribution is -0.131. The molecule has 0 amide bonds. The van der Waals surface area contributed by atoms with Crippen molar-refractivity contribution in [2.75, 3.05) is 18.0 Å². The number of halogens is 1. The summed E-state index contributed by atoms with van der Waals surface area (Å²) in [6.07, 6.45) is 3.02. The summed E-state index contributed by atoms with van der Waals surface area (Å²) in [5.74, 6) is -0.835. The van der Waals surface area contributed by atoms with Crippen LogP contribution >= 0.6 is 15.9 Å². The van der Waals surface area contributed by atoms with Gasteiger partial charge in [-0.25, -0.2) is 4.79 Å². The summed E-state index contributed by atoms with van der Waals surface area (Å²) in [5, 5.41) is 8.73. The smallest absolute Gasteiger partial charge is 0.328 e. The van der Waals surface area contributed by atoms with Crippen LogP contribution in [-0.2, 0) is 4.79 Å². The number of aliphatic carboxylic acids is 1. The number of carbonyl (C=O) groups is 1. The van der Waals surface area contributed by atoms with Gasteiger partial charge in [0.15, 0.2) is 0 Å². The summed E-state index contributed by atoms with van der Waals surface area (Å²) >= 11 is 3.46. The van der Waals surface area contributed by atoms with E-state index in [1.54, 1.807) is 0 Å². The SMILES string of the molecule is Cc1cc(Br)ccc1N1CCC(=CC(=O)O)CC1. The molecule has 18 heavy (non-hydrogen) atoms. The molecule has 0 aromatic heterocycles. The molecule has 1 fully saturated rings. The monoisotopic (exact) mass is 309 g/mol. The lowest BCUT2D eigenvalue weighted by atomic mass is 10.0. The van der Waals surface area contributed by atoms with Crippen molar-refractivity contribution >= 4 is 27.6 Å². The molecule has 0 radical (unpaired) electrons. The molecule has 0 saturated carbocycles. The van der Waals surface area contributed by atoms with Crippen LogP contribution in [0.4, 0.5) is 5.69 Å². The largest absolute Gasteiger partial charge is 0.478 e. The van der Waals surface area contributed by atoms with E-state index in [-0.39, 0.29) is 0 Å². The van der Waals surface area contributed by atoms with E-state index in [9.17, 15) is 4.79 Å². The summed E-state index contributed by atoms with van der Waals surface area (Å²) in [7, 11) is 0. The summed E-state index contributed by atoms with van der Waals surface area (Å²) in [4.78, 5) is 12.9. The fourth-order valence-electron chi connectivity index (χ4n) is 2.33. The molecule has 4 heteroatoms. The number of anilines is 1. The van der Waals surface area contributed by atoms with Crippen molar-refractivity contribution in [3.8, 4) is 0 Å². The number of carboxylic acid groups (broad SMARTS) is 1. The van der Waals surface area contributed by atoms with E-state index in [2.05, 4.69) is 39.9 Å². The van der Waals surface area contributed by atoms with Crippen molar-refractivity contribution < 1.29 is 9.90 Å². The summed E-state index contributed by atoms with van der Waals surface area (Å²) in [6, 6.07) is 6.27. The summed E-state index contributed by atoms with van der Waals surface area (Å²) < 4.78 is 1.09. The average Bonchev–Trinajstić information content (AvgIpc) is 2.30. The Bertz CT molecular complexity index is 487. The molecule has 1 aromatic carbocycles. The zero-order valence-corrected chi connectivity index (χ0v) is 11.9. The Morgan fingerprint density at radius 3 is 2.61 bits per heavy atom. The number of nitrogens with zero attached hydrogens (tertiary/aromatic N) is 1. The zero-order chi connectivity index (χ0) is 13.1. The normalized spacial score (nSPS) is 15.7. The van der Waals surface area contributed by atoms with E-state index >= 15 is 0 Å². The number of hydrogen-bond acceptors (Lipinski definition) is 2. The van der Waals surface area contributed by atoms with Crippen LogP contribution in [0.3, 0.4) is 0 Å². The molecular weight excluding hydrogens is 294 g/mol. The van der Waals surface area contributed by atoms with E-state index in [0.29, 0.717) is 0 Å². The second-order valence-corrected chi connectivity index (χ2v) is 5.47. The van der Waals surface area contributed by atoms with Gasteiger partial charge in [0.1, 0.15) is 0 Å². The van der Waals surface area contributed by atoms with E-state index < -0.39 is 5.97 Å². The molecule has 0 unspecified atom stereocenters. The second-order valence-electron chi connectivity index (χ2n) is 4.56. The van der Waals surface area contributed by atoms with Crippen LogP contribution < -0.4 is 4.90 Å². The van der Waals surface area contributed by atoms with Crippen molar-refractivity contribution in [1.29, 1.82) is 0 Å². The molecule has 2 rings (SSSR count). The Morgan fingerprint density at radius 2 is 2.06 bits per heavy atom. The van der Waals surface area contributed by atoms with Crippen molar-refractivity contribution in [3.63, 3.8) is 0 Å². The quantitative estimate of drug-likeness (QED) is 0.852. The summed E-state index contributed by atoms with van der Waals surface area (Å²) in [6.45, 7) is 3.88. The first-order valence-electron chi connectivity index (χ1n) is 6.00. The molecule has 1 saturated heterocycles. The third-order valence-corrected chi connectivity index (χ3v) is 3.73. The first-order chi connectivity index (χ1) is 8.56. The highest BCUT2D eigenvalue weighted by atomic mass is 79.9. The Balaban J connectivity index is 2.08. The predicted octanol–water partition coefficient (Wildman–Crippen LogP) is 3.37. The third-order valence-electron chi connectivity index (χ3n) is 3.23. The maximum Gasteiger partial charge on any atom is 0.328 e. The minimum Gasteiger partial charge on any atom is -0.478 e. The van der Waals surface area contributed by atoms with E-state index in [1.165, 1.54) is 17.3 Å².